The van der Waals surface area contributed by atoms with E-state index in [1.807, 2.05) is 0 Å². The first-order chi connectivity index (χ1) is 10.1. The second kappa shape index (κ2) is 5.91. The quantitative estimate of drug-likeness (QED) is 0.789. The Balaban J connectivity index is 1.97. The van der Waals surface area contributed by atoms with Gasteiger partial charge in [0, 0.05) is 5.92 Å². The lowest BCUT2D eigenvalue weighted by atomic mass is 9.83. The number of nitrogens with one attached hydrogen (secondary N) is 1. The van der Waals surface area contributed by atoms with Crippen molar-refractivity contribution >= 4 is 22.6 Å². The first-order valence-electron chi connectivity index (χ1n) is 7.42. The molecule has 1 aromatic carbocycles. The van der Waals surface area contributed by atoms with E-state index in [0.29, 0.717) is 5.92 Å². The van der Waals surface area contributed by atoms with Crippen molar-refractivity contribution in [3.05, 3.63) is 60.8 Å². The zero-order chi connectivity index (χ0) is 15.0. The number of halogens is 1. The summed E-state index contributed by atoms with van der Waals surface area (Å²) in [5.74, 6) is 1.45. The number of nitrogens with zero attached hydrogens (tertiary/aromatic N) is 1. The number of aromatic nitrogens is 2. The van der Waals surface area contributed by atoms with Crippen LogP contribution in [0.15, 0.2) is 29.1 Å². The van der Waals surface area contributed by atoms with E-state index in [1.54, 1.807) is 0 Å². The van der Waals surface area contributed by atoms with Crippen molar-refractivity contribution in [1.82, 2.24) is 9.97 Å². The SMILES string of the molecule is CC(C)c1nc(C2CCc3ccccc3C2)[nH]c(=O)c1I. The Morgan fingerprint density at radius 1 is 1.29 bits per heavy atom. The summed E-state index contributed by atoms with van der Waals surface area (Å²) in [4.78, 5) is 19.9. The molecule has 0 bridgehead atoms. The highest BCUT2D eigenvalue weighted by atomic mass is 127. The molecule has 1 unspecified atom stereocenters. The lowest BCUT2D eigenvalue weighted by Crippen LogP contribution is -2.23. The van der Waals surface area contributed by atoms with Crippen LogP contribution in [-0.4, -0.2) is 9.97 Å². The molecular formula is C17H19IN2O. The van der Waals surface area contributed by atoms with Gasteiger partial charge in [-0.05, 0) is 58.9 Å². The second-order valence-corrected chi connectivity index (χ2v) is 7.09. The Kier molecular flexibility index (Phi) is 4.15. The Morgan fingerprint density at radius 3 is 2.71 bits per heavy atom. The van der Waals surface area contributed by atoms with Gasteiger partial charge in [0.05, 0.1) is 9.26 Å². The molecule has 1 aliphatic rings. The standard InChI is InChI=1S/C17H19IN2O/c1-10(2)15-14(18)17(21)20-16(19-15)13-8-7-11-5-3-4-6-12(11)9-13/h3-6,10,13H,7-9H2,1-2H3,(H,19,20,21). The van der Waals surface area contributed by atoms with Gasteiger partial charge in [0.1, 0.15) is 5.82 Å². The van der Waals surface area contributed by atoms with Crippen LogP contribution in [0.1, 0.15) is 54.7 Å². The Morgan fingerprint density at radius 2 is 2.00 bits per heavy atom. The summed E-state index contributed by atoms with van der Waals surface area (Å²) in [6.45, 7) is 4.17. The molecule has 0 fully saturated rings. The fourth-order valence-corrected chi connectivity index (χ4v) is 3.88. The maximum atomic E-state index is 12.2. The van der Waals surface area contributed by atoms with Crippen molar-refractivity contribution in [3.8, 4) is 0 Å². The zero-order valence-electron chi connectivity index (χ0n) is 12.3. The largest absolute Gasteiger partial charge is 0.309 e. The van der Waals surface area contributed by atoms with Gasteiger partial charge in [0.2, 0.25) is 0 Å². The topological polar surface area (TPSA) is 45.8 Å². The average Bonchev–Trinajstić information content (AvgIpc) is 2.49. The van der Waals surface area contributed by atoms with E-state index >= 15 is 0 Å². The van der Waals surface area contributed by atoms with Gasteiger partial charge in [-0.25, -0.2) is 4.98 Å². The molecular weight excluding hydrogens is 375 g/mol. The summed E-state index contributed by atoms with van der Waals surface area (Å²) in [6, 6.07) is 8.58. The van der Waals surface area contributed by atoms with Gasteiger partial charge in [-0.1, -0.05) is 38.1 Å². The van der Waals surface area contributed by atoms with Crippen LogP contribution in [-0.2, 0) is 12.8 Å². The van der Waals surface area contributed by atoms with Crippen molar-refractivity contribution in [1.29, 1.82) is 0 Å². The molecule has 0 spiro atoms. The summed E-state index contributed by atoms with van der Waals surface area (Å²) in [5.41, 5.74) is 3.75. The summed E-state index contributed by atoms with van der Waals surface area (Å²) in [6.07, 6.45) is 3.09. The third-order valence-corrected chi connectivity index (χ3v) is 5.23. The van der Waals surface area contributed by atoms with Crippen LogP contribution in [0.5, 0.6) is 0 Å². The Labute approximate surface area is 138 Å². The molecule has 0 radical (unpaired) electrons. The number of hydrogen-bond acceptors (Lipinski definition) is 2. The van der Waals surface area contributed by atoms with Gasteiger partial charge in [-0.3, -0.25) is 4.79 Å². The zero-order valence-corrected chi connectivity index (χ0v) is 14.5. The number of benzene rings is 1. The smallest absolute Gasteiger partial charge is 0.264 e. The van der Waals surface area contributed by atoms with Crippen LogP contribution in [0, 0.1) is 3.57 Å². The minimum Gasteiger partial charge on any atom is -0.309 e. The monoisotopic (exact) mass is 394 g/mol. The number of fused-ring (bicyclic) bond motifs is 1. The van der Waals surface area contributed by atoms with E-state index in [0.717, 1.165) is 34.4 Å². The maximum absolute atomic E-state index is 12.2. The van der Waals surface area contributed by atoms with Gasteiger partial charge in [-0.2, -0.15) is 0 Å². The molecule has 1 aromatic heterocycles. The molecule has 21 heavy (non-hydrogen) atoms. The van der Waals surface area contributed by atoms with E-state index in [2.05, 4.69) is 65.7 Å². The van der Waals surface area contributed by atoms with Crippen LogP contribution in [0.25, 0.3) is 0 Å². The highest BCUT2D eigenvalue weighted by Crippen LogP contribution is 2.31. The van der Waals surface area contributed by atoms with Gasteiger partial charge in [0.25, 0.3) is 5.56 Å². The first-order valence-corrected chi connectivity index (χ1v) is 8.50. The first kappa shape index (κ1) is 14.8. The van der Waals surface area contributed by atoms with Gasteiger partial charge in [0.15, 0.2) is 0 Å². The fraction of sp³-hybridized carbons (Fsp3) is 0.412. The van der Waals surface area contributed by atoms with E-state index in [-0.39, 0.29) is 11.5 Å². The molecule has 1 aliphatic carbocycles. The minimum atomic E-state index is 0.00292. The highest BCUT2D eigenvalue weighted by Gasteiger charge is 2.23. The molecule has 3 nitrogen and oxygen atoms in total. The van der Waals surface area contributed by atoms with Crippen molar-refractivity contribution < 1.29 is 0 Å². The number of rotatable bonds is 2. The number of H-pyrrole nitrogens is 1. The van der Waals surface area contributed by atoms with E-state index in [4.69, 9.17) is 4.98 Å². The molecule has 110 valence electrons. The third kappa shape index (κ3) is 2.91. The molecule has 0 aliphatic heterocycles. The minimum absolute atomic E-state index is 0.00292. The molecule has 0 amide bonds. The molecule has 2 aromatic rings. The van der Waals surface area contributed by atoms with Crippen LogP contribution < -0.4 is 5.56 Å². The van der Waals surface area contributed by atoms with Crippen LogP contribution in [0.4, 0.5) is 0 Å². The van der Waals surface area contributed by atoms with Crippen LogP contribution in [0.3, 0.4) is 0 Å². The van der Waals surface area contributed by atoms with E-state index < -0.39 is 0 Å². The van der Waals surface area contributed by atoms with Crippen molar-refractivity contribution in [2.45, 2.75) is 44.9 Å². The van der Waals surface area contributed by atoms with E-state index in [9.17, 15) is 4.79 Å². The van der Waals surface area contributed by atoms with Gasteiger partial charge < -0.3 is 4.98 Å². The normalized spacial score (nSPS) is 17.8. The third-order valence-electron chi connectivity index (χ3n) is 4.19. The molecule has 4 heteroatoms. The Bertz CT molecular complexity index is 721. The molecule has 3 rings (SSSR count). The van der Waals surface area contributed by atoms with Gasteiger partial charge in [-0.15, -0.1) is 0 Å². The molecule has 1 heterocycles. The predicted molar refractivity (Wildman–Crippen MR) is 92.9 cm³/mol. The molecule has 1 atom stereocenters. The summed E-state index contributed by atoms with van der Waals surface area (Å²) < 4.78 is 0.725. The maximum Gasteiger partial charge on any atom is 0.264 e. The van der Waals surface area contributed by atoms with Crippen LogP contribution in [0.2, 0.25) is 0 Å². The highest BCUT2D eigenvalue weighted by molar-refractivity contribution is 14.1. The molecule has 0 saturated heterocycles. The number of hydrogen-bond donors (Lipinski definition) is 1. The summed E-state index contributed by atoms with van der Waals surface area (Å²) in [5, 5.41) is 0. The average molecular weight is 394 g/mol. The van der Waals surface area contributed by atoms with Crippen molar-refractivity contribution in [2.24, 2.45) is 0 Å². The lowest BCUT2D eigenvalue weighted by molar-refractivity contribution is 0.547. The second-order valence-electron chi connectivity index (χ2n) is 6.01. The number of aryl methyl sites for hydroxylation is 1. The summed E-state index contributed by atoms with van der Waals surface area (Å²) in [7, 11) is 0. The Hall–Kier alpha value is -1.17. The predicted octanol–water partition coefficient (Wildman–Crippen LogP) is 3.77. The molecule has 0 saturated carbocycles. The van der Waals surface area contributed by atoms with E-state index in [1.165, 1.54) is 11.1 Å². The lowest BCUT2D eigenvalue weighted by Gasteiger charge is -2.24. The summed E-state index contributed by atoms with van der Waals surface area (Å²) >= 11 is 2.10. The van der Waals surface area contributed by atoms with Crippen molar-refractivity contribution in [3.63, 3.8) is 0 Å². The number of aromatic amines is 1. The van der Waals surface area contributed by atoms with Gasteiger partial charge >= 0.3 is 0 Å². The fourth-order valence-electron chi connectivity index (χ4n) is 3.00. The van der Waals surface area contributed by atoms with Crippen LogP contribution >= 0.6 is 22.6 Å². The molecule has 1 N–H and O–H groups in total. The van der Waals surface area contributed by atoms with Crippen molar-refractivity contribution in [2.75, 3.05) is 0 Å².